The van der Waals surface area contributed by atoms with Crippen molar-refractivity contribution in [2.45, 2.75) is 36.3 Å². The van der Waals surface area contributed by atoms with Crippen molar-refractivity contribution in [3.05, 3.63) is 120 Å². The summed E-state index contributed by atoms with van der Waals surface area (Å²) in [5.41, 5.74) is 1.44. The van der Waals surface area contributed by atoms with Crippen LogP contribution in [0.5, 0.6) is 0 Å². The quantitative estimate of drug-likeness (QED) is 0.266. The lowest BCUT2D eigenvalue weighted by atomic mass is 10.2. The Labute approximate surface area is 216 Å². The number of benzene rings is 3. The molecule has 7 nitrogen and oxygen atoms in total. The van der Waals surface area contributed by atoms with E-state index in [9.17, 15) is 21.2 Å². The van der Waals surface area contributed by atoms with Gasteiger partial charge in [-0.25, -0.2) is 21.2 Å². The molecule has 0 saturated carbocycles. The lowest BCUT2D eigenvalue weighted by Gasteiger charge is -2.23. The minimum Gasteiger partial charge on any atom is -0.468 e. The Morgan fingerprint density at radius 2 is 1.19 bits per heavy atom. The van der Waals surface area contributed by atoms with Crippen LogP contribution in [0, 0.1) is 5.82 Å². The van der Waals surface area contributed by atoms with Crippen LogP contribution in [0.25, 0.3) is 0 Å². The molecule has 37 heavy (non-hydrogen) atoms. The van der Waals surface area contributed by atoms with Crippen molar-refractivity contribution in [3.8, 4) is 0 Å². The molecule has 0 aliphatic rings. The van der Waals surface area contributed by atoms with Gasteiger partial charge in [0.05, 0.1) is 22.6 Å². The molecule has 1 aromatic heterocycles. The first-order valence-corrected chi connectivity index (χ1v) is 14.5. The topological polar surface area (TPSA) is 87.9 Å². The molecule has 3 aromatic carbocycles. The Kier molecular flexibility index (Phi) is 8.23. The minimum atomic E-state index is -4.05. The van der Waals surface area contributed by atoms with Crippen molar-refractivity contribution in [2.75, 3.05) is 6.54 Å². The summed E-state index contributed by atoms with van der Waals surface area (Å²) >= 11 is 0. The monoisotopic (exact) mass is 542 g/mol. The van der Waals surface area contributed by atoms with E-state index < -0.39 is 25.9 Å². The number of hydrogen-bond acceptors (Lipinski definition) is 5. The lowest BCUT2D eigenvalue weighted by Crippen LogP contribution is -2.31. The van der Waals surface area contributed by atoms with Gasteiger partial charge in [-0.1, -0.05) is 49.4 Å². The van der Waals surface area contributed by atoms with Gasteiger partial charge in [0.1, 0.15) is 11.6 Å². The molecule has 4 aromatic rings. The first-order valence-electron chi connectivity index (χ1n) is 11.6. The molecule has 0 atom stereocenters. The van der Waals surface area contributed by atoms with Gasteiger partial charge >= 0.3 is 0 Å². The molecule has 4 rings (SSSR count). The van der Waals surface area contributed by atoms with Crippen LogP contribution in [0.15, 0.2) is 111 Å². The summed E-state index contributed by atoms with van der Waals surface area (Å²) in [5, 5.41) is 0. The smallest absolute Gasteiger partial charge is 0.243 e. The second-order valence-electron chi connectivity index (χ2n) is 8.37. The van der Waals surface area contributed by atoms with Crippen molar-refractivity contribution in [3.63, 3.8) is 0 Å². The molecule has 10 heteroatoms. The third kappa shape index (κ3) is 6.34. The van der Waals surface area contributed by atoms with Gasteiger partial charge < -0.3 is 4.42 Å². The van der Waals surface area contributed by atoms with Crippen LogP contribution >= 0.6 is 0 Å². The molecule has 0 fully saturated rings. The van der Waals surface area contributed by atoms with E-state index in [4.69, 9.17) is 4.42 Å². The van der Waals surface area contributed by atoms with Gasteiger partial charge in [-0.2, -0.15) is 8.61 Å². The first kappa shape index (κ1) is 26.7. The van der Waals surface area contributed by atoms with Crippen molar-refractivity contribution in [2.24, 2.45) is 0 Å². The average molecular weight is 543 g/mol. The van der Waals surface area contributed by atoms with E-state index in [1.165, 1.54) is 63.4 Å². The maximum absolute atomic E-state index is 13.6. The standard InChI is InChI=1S/C27H27FN2O5S2/c1-2-29(19-22-7-4-3-5-8-22)36(31,32)26-14-16-27(17-15-26)37(33,34)30(21-25-9-6-18-35-25)20-23-10-12-24(28)13-11-23/h3-18H,2,19-21H2,1H3. The van der Waals surface area contributed by atoms with Crippen LogP contribution in [0.4, 0.5) is 4.39 Å². The Morgan fingerprint density at radius 1 is 0.649 bits per heavy atom. The molecule has 0 radical (unpaired) electrons. The second-order valence-corrected chi connectivity index (χ2v) is 12.2. The lowest BCUT2D eigenvalue weighted by molar-refractivity contribution is 0.358. The van der Waals surface area contributed by atoms with Crippen LogP contribution in [0.1, 0.15) is 23.8 Å². The third-order valence-corrected chi connectivity index (χ3v) is 9.58. The summed E-state index contributed by atoms with van der Waals surface area (Å²) in [5.74, 6) is 0.0127. The zero-order valence-corrected chi connectivity index (χ0v) is 21.8. The summed E-state index contributed by atoms with van der Waals surface area (Å²) in [6.45, 7) is 2.14. The van der Waals surface area contributed by atoms with E-state index in [1.807, 2.05) is 30.3 Å². The third-order valence-electron chi connectivity index (χ3n) is 5.84. The molecule has 0 unspecified atom stereocenters. The highest BCUT2D eigenvalue weighted by Gasteiger charge is 2.28. The number of rotatable bonds is 11. The summed E-state index contributed by atoms with van der Waals surface area (Å²) < 4.78 is 74.9. The summed E-state index contributed by atoms with van der Waals surface area (Å²) in [6.07, 6.45) is 1.45. The minimum absolute atomic E-state index is 0.000324. The fourth-order valence-electron chi connectivity index (χ4n) is 3.83. The van der Waals surface area contributed by atoms with Crippen molar-refractivity contribution in [1.29, 1.82) is 0 Å². The predicted octanol–water partition coefficient (Wildman–Crippen LogP) is 5.02. The highest BCUT2D eigenvalue weighted by atomic mass is 32.2. The van der Waals surface area contributed by atoms with Crippen LogP contribution in [-0.4, -0.2) is 32.0 Å². The summed E-state index contributed by atoms with van der Waals surface area (Å²) in [7, 11) is -7.90. The van der Waals surface area contributed by atoms with E-state index in [-0.39, 0.29) is 36.0 Å². The fraction of sp³-hybridized carbons (Fsp3) is 0.185. The van der Waals surface area contributed by atoms with Gasteiger partial charge in [-0.3, -0.25) is 0 Å². The molecular formula is C27H27FN2O5S2. The maximum Gasteiger partial charge on any atom is 0.243 e. The summed E-state index contributed by atoms with van der Waals surface area (Å²) in [4.78, 5) is -0.0634. The first-order chi connectivity index (χ1) is 17.7. The zero-order valence-electron chi connectivity index (χ0n) is 20.2. The Balaban J connectivity index is 1.60. The maximum atomic E-state index is 13.6. The van der Waals surface area contributed by atoms with Gasteiger partial charge in [0.2, 0.25) is 20.0 Å². The molecule has 194 valence electrons. The molecule has 0 saturated heterocycles. The number of nitrogens with zero attached hydrogens (tertiary/aromatic N) is 2. The predicted molar refractivity (Wildman–Crippen MR) is 138 cm³/mol. The molecule has 1 heterocycles. The fourth-order valence-corrected chi connectivity index (χ4v) is 6.66. The average Bonchev–Trinajstić information content (AvgIpc) is 3.42. The van der Waals surface area contributed by atoms with Crippen LogP contribution in [0.2, 0.25) is 0 Å². The molecule has 0 N–H and O–H groups in total. The normalized spacial score (nSPS) is 12.3. The number of sulfonamides is 2. The molecule has 0 spiro atoms. The van der Waals surface area contributed by atoms with Crippen LogP contribution < -0.4 is 0 Å². The Bertz CT molecular complexity index is 1510. The number of halogens is 1. The Morgan fingerprint density at radius 3 is 1.73 bits per heavy atom. The van der Waals surface area contributed by atoms with Gasteiger partial charge in [0.15, 0.2) is 0 Å². The number of furan rings is 1. The van der Waals surface area contributed by atoms with Crippen molar-refractivity contribution < 1.29 is 25.6 Å². The van der Waals surface area contributed by atoms with Gasteiger partial charge in [0.25, 0.3) is 0 Å². The van der Waals surface area contributed by atoms with E-state index in [1.54, 1.807) is 19.1 Å². The van der Waals surface area contributed by atoms with Crippen molar-refractivity contribution in [1.82, 2.24) is 8.61 Å². The van der Waals surface area contributed by atoms with E-state index in [0.29, 0.717) is 11.3 Å². The van der Waals surface area contributed by atoms with Crippen LogP contribution in [-0.2, 0) is 39.7 Å². The zero-order chi connectivity index (χ0) is 26.5. The highest BCUT2D eigenvalue weighted by molar-refractivity contribution is 7.89. The van der Waals surface area contributed by atoms with E-state index in [2.05, 4.69) is 0 Å². The van der Waals surface area contributed by atoms with E-state index in [0.717, 1.165) is 5.56 Å². The molecule has 0 aliphatic heterocycles. The molecule has 0 bridgehead atoms. The largest absolute Gasteiger partial charge is 0.468 e. The molecule has 0 amide bonds. The molecule has 0 aliphatic carbocycles. The SMILES string of the molecule is CCN(Cc1ccccc1)S(=O)(=O)c1ccc(S(=O)(=O)N(Cc2ccc(F)cc2)Cc2ccco2)cc1. The van der Waals surface area contributed by atoms with Crippen LogP contribution in [0.3, 0.4) is 0 Å². The van der Waals surface area contributed by atoms with Gasteiger partial charge in [-0.05, 0) is 59.7 Å². The molecular weight excluding hydrogens is 515 g/mol. The highest BCUT2D eigenvalue weighted by Crippen LogP contribution is 2.25. The Hall–Kier alpha value is -3.31. The number of hydrogen-bond donors (Lipinski definition) is 0. The summed E-state index contributed by atoms with van der Waals surface area (Å²) in [6, 6.07) is 23.3. The van der Waals surface area contributed by atoms with E-state index >= 15 is 0 Å². The second kappa shape index (κ2) is 11.4. The van der Waals surface area contributed by atoms with Gasteiger partial charge in [0, 0.05) is 19.6 Å². The van der Waals surface area contributed by atoms with Crippen molar-refractivity contribution >= 4 is 20.0 Å². The van der Waals surface area contributed by atoms with Gasteiger partial charge in [-0.15, -0.1) is 0 Å².